The summed E-state index contributed by atoms with van der Waals surface area (Å²) in [4.78, 5) is 17.8. The van der Waals surface area contributed by atoms with Crippen LogP contribution in [-0.4, -0.2) is 43.7 Å². The summed E-state index contributed by atoms with van der Waals surface area (Å²) in [6, 6.07) is 7.64. The Labute approximate surface area is 138 Å². The summed E-state index contributed by atoms with van der Waals surface area (Å²) >= 11 is 6.03. The number of hydrogen-bond donors (Lipinski definition) is 2. The monoisotopic (exact) mass is 329 g/mol. The van der Waals surface area contributed by atoms with Crippen molar-refractivity contribution in [2.24, 2.45) is 0 Å². The quantitative estimate of drug-likeness (QED) is 0.770. The number of aromatic nitrogens is 4. The Hall–Kier alpha value is -2.18. The van der Waals surface area contributed by atoms with Gasteiger partial charge in [-0.05, 0) is 24.1 Å². The molecule has 23 heavy (non-hydrogen) atoms. The van der Waals surface area contributed by atoms with Crippen molar-refractivity contribution in [2.75, 3.05) is 18.0 Å². The fourth-order valence-electron chi connectivity index (χ4n) is 3.20. The van der Waals surface area contributed by atoms with E-state index in [9.17, 15) is 5.11 Å². The Morgan fingerprint density at radius 2 is 2.22 bits per heavy atom. The van der Waals surface area contributed by atoms with E-state index in [-0.39, 0.29) is 0 Å². The minimum atomic E-state index is -0.790. The topological polar surface area (TPSA) is 77.9 Å². The summed E-state index contributed by atoms with van der Waals surface area (Å²) in [6.45, 7) is 1.26. The van der Waals surface area contributed by atoms with Crippen LogP contribution >= 0.6 is 11.6 Å². The first-order valence-corrected chi connectivity index (χ1v) is 7.87. The van der Waals surface area contributed by atoms with Crippen molar-refractivity contribution in [1.82, 2.24) is 19.9 Å². The van der Waals surface area contributed by atoms with Gasteiger partial charge >= 0.3 is 0 Å². The van der Waals surface area contributed by atoms with Crippen molar-refractivity contribution in [2.45, 2.75) is 18.4 Å². The lowest BCUT2D eigenvalue weighted by molar-refractivity contribution is 0.0637. The average molecular weight is 330 g/mol. The molecule has 1 aromatic carbocycles. The molecule has 7 heteroatoms. The molecule has 1 saturated heterocycles. The smallest absolute Gasteiger partial charge is 0.182 e. The maximum absolute atomic E-state index is 10.9. The Bertz CT molecular complexity index is 851. The normalized spacial score (nSPS) is 21.2. The van der Waals surface area contributed by atoms with E-state index in [2.05, 4.69) is 24.8 Å². The zero-order chi connectivity index (χ0) is 15.9. The van der Waals surface area contributed by atoms with Crippen LogP contribution < -0.4 is 4.90 Å². The van der Waals surface area contributed by atoms with Crippen LogP contribution in [0.5, 0.6) is 0 Å². The predicted molar refractivity (Wildman–Crippen MR) is 88.6 cm³/mol. The molecule has 0 radical (unpaired) electrons. The average Bonchev–Trinajstić information content (AvgIpc) is 3.13. The van der Waals surface area contributed by atoms with Crippen molar-refractivity contribution in [3.05, 3.63) is 47.5 Å². The van der Waals surface area contributed by atoms with Gasteiger partial charge in [-0.1, -0.05) is 23.7 Å². The largest absolute Gasteiger partial charge is 0.388 e. The van der Waals surface area contributed by atoms with Crippen LogP contribution in [0, 0.1) is 0 Å². The van der Waals surface area contributed by atoms with Gasteiger partial charge in [0.05, 0.1) is 11.9 Å². The SMILES string of the molecule is O[C@@]1(Cc2cccc(Cl)c2)CCN(c2ncnc3nc[nH]c23)C1. The number of β-amino-alcohol motifs (C(OH)–C–C–N with tert-alkyl or cyclic N) is 1. The number of nitrogens with zero attached hydrogens (tertiary/aromatic N) is 4. The Kier molecular flexibility index (Phi) is 3.43. The van der Waals surface area contributed by atoms with Crippen molar-refractivity contribution < 1.29 is 5.11 Å². The van der Waals surface area contributed by atoms with E-state index in [1.807, 2.05) is 24.3 Å². The van der Waals surface area contributed by atoms with Crippen LogP contribution in [0.4, 0.5) is 5.82 Å². The molecule has 1 aliphatic heterocycles. The number of benzene rings is 1. The van der Waals surface area contributed by atoms with E-state index in [4.69, 9.17) is 11.6 Å². The van der Waals surface area contributed by atoms with Crippen LogP contribution in [0.1, 0.15) is 12.0 Å². The standard InChI is InChI=1S/C16H16ClN5O/c17-12-3-1-2-11(6-12)7-16(23)4-5-22(8-16)15-13-14(19-9-18-13)20-10-21-15/h1-3,6,9-10,23H,4-5,7-8H2,(H,18,19,20,21)/t16-/m1/s1. The highest BCUT2D eigenvalue weighted by atomic mass is 35.5. The number of nitrogens with one attached hydrogen (secondary N) is 1. The first-order chi connectivity index (χ1) is 11.1. The van der Waals surface area contributed by atoms with Gasteiger partial charge in [-0.15, -0.1) is 0 Å². The molecule has 2 aromatic heterocycles. The van der Waals surface area contributed by atoms with Gasteiger partial charge in [0.25, 0.3) is 0 Å². The second-order valence-electron chi connectivity index (χ2n) is 6.00. The molecule has 3 heterocycles. The van der Waals surface area contributed by atoms with Gasteiger partial charge in [0, 0.05) is 24.5 Å². The molecule has 6 nitrogen and oxygen atoms in total. The molecule has 0 aliphatic carbocycles. The van der Waals surface area contributed by atoms with E-state index in [1.54, 1.807) is 6.33 Å². The van der Waals surface area contributed by atoms with Crippen molar-refractivity contribution >= 4 is 28.6 Å². The van der Waals surface area contributed by atoms with Gasteiger partial charge in [-0.2, -0.15) is 0 Å². The molecule has 118 valence electrons. The van der Waals surface area contributed by atoms with E-state index < -0.39 is 5.60 Å². The van der Waals surface area contributed by atoms with E-state index >= 15 is 0 Å². The van der Waals surface area contributed by atoms with Gasteiger partial charge in [-0.3, -0.25) is 0 Å². The van der Waals surface area contributed by atoms with Crippen LogP contribution in [0.25, 0.3) is 11.2 Å². The van der Waals surface area contributed by atoms with Crippen molar-refractivity contribution in [3.63, 3.8) is 0 Å². The van der Waals surface area contributed by atoms with Gasteiger partial charge < -0.3 is 15.0 Å². The van der Waals surface area contributed by atoms with Crippen LogP contribution in [0.3, 0.4) is 0 Å². The van der Waals surface area contributed by atoms with Crippen LogP contribution in [-0.2, 0) is 6.42 Å². The highest BCUT2D eigenvalue weighted by Crippen LogP contribution is 2.31. The molecule has 1 fully saturated rings. The maximum Gasteiger partial charge on any atom is 0.182 e. The first kappa shape index (κ1) is 14.4. The number of fused-ring (bicyclic) bond motifs is 1. The Balaban J connectivity index is 1.57. The predicted octanol–water partition coefficient (Wildman–Crippen LogP) is 2.19. The Morgan fingerprint density at radius 1 is 1.30 bits per heavy atom. The molecule has 1 aliphatic rings. The summed E-state index contributed by atoms with van der Waals surface area (Å²) in [6.07, 6.45) is 4.37. The summed E-state index contributed by atoms with van der Waals surface area (Å²) in [7, 11) is 0. The third kappa shape index (κ3) is 2.75. The third-order valence-corrected chi connectivity index (χ3v) is 4.49. The number of hydrogen-bond acceptors (Lipinski definition) is 5. The first-order valence-electron chi connectivity index (χ1n) is 7.49. The number of aliphatic hydroxyl groups is 1. The van der Waals surface area contributed by atoms with Crippen LogP contribution in [0.15, 0.2) is 36.9 Å². The van der Waals surface area contributed by atoms with E-state index in [0.29, 0.717) is 30.1 Å². The fraction of sp³-hybridized carbons (Fsp3) is 0.312. The summed E-state index contributed by atoms with van der Waals surface area (Å²) in [5, 5.41) is 11.6. The van der Waals surface area contributed by atoms with Crippen LogP contribution in [0.2, 0.25) is 5.02 Å². The summed E-state index contributed by atoms with van der Waals surface area (Å²) < 4.78 is 0. The number of imidazole rings is 1. The summed E-state index contributed by atoms with van der Waals surface area (Å²) in [5.41, 5.74) is 1.69. The number of aromatic amines is 1. The zero-order valence-corrected chi connectivity index (χ0v) is 13.2. The molecular formula is C16H16ClN5O. The second kappa shape index (κ2) is 5.47. The molecule has 0 saturated carbocycles. The van der Waals surface area contributed by atoms with Gasteiger partial charge in [0.1, 0.15) is 11.8 Å². The molecule has 0 spiro atoms. The van der Waals surface area contributed by atoms with Gasteiger partial charge in [0.15, 0.2) is 11.5 Å². The molecule has 0 amide bonds. The minimum absolute atomic E-state index is 0.518. The van der Waals surface area contributed by atoms with E-state index in [1.165, 1.54) is 6.33 Å². The molecule has 0 bridgehead atoms. The molecular weight excluding hydrogens is 314 g/mol. The zero-order valence-electron chi connectivity index (χ0n) is 12.4. The number of rotatable bonds is 3. The number of halogens is 1. The molecule has 2 N–H and O–H groups in total. The molecule has 0 unspecified atom stereocenters. The third-order valence-electron chi connectivity index (χ3n) is 4.26. The van der Waals surface area contributed by atoms with Crippen molar-refractivity contribution in [3.8, 4) is 0 Å². The maximum atomic E-state index is 10.9. The Morgan fingerprint density at radius 3 is 3.09 bits per heavy atom. The van der Waals surface area contributed by atoms with Gasteiger partial charge in [-0.25, -0.2) is 15.0 Å². The van der Waals surface area contributed by atoms with Crippen molar-refractivity contribution in [1.29, 1.82) is 0 Å². The summed E-state index contributed by atoms with van der Waals surface area (Å²) in [5.74, 6) is 0.787. The highest BCUT2D eigenvalue weighted by molar-refractivity contribution is 6.30. The lowest BCUT2D eigenvalue weighted by Gasteiger charge is -2.24. The second-order valence-corrected chi connectivity index (χ2v) is 6.44. The lowest BCUT2D eigenvalue weighted by atomic mass is 9.94. The van der Waals surface area contributed by atoms with Gasteiger partial charge in [0.2, 0.25) is 0 Å². The molecule has 1 atom stereocenters. The number of anilines is 1. The number of H-pyrrole nitrogens is 1. The molecule has 3 aromatic rings. The fourth-order valence-corrected chi connectivity index (χ4v) is 3.41. The minimum Gasteiger partial charge on any atom is -0.388 e. The molecule has 4 rings (SSSR count). The lowest BCUT2D eigenvalue weighted by Crippen LogP contribution is -2.35. The van der Waals surface area contributed by atoms with E-state index in [0.717, 1.165) is 23.4 Å². The highest BCUT2D eigenvalue weighted by Gasteiger charge is 2.37.